The Kier molecular flexibility index (Phi) is 6.65. The molecule has 0 saturated heterocycles. The van der Waals surface area contributed by atoms with Crippen molar-refractivity contribution in [3.8, 4) is 5.75 Å². The minimum Gasteiger partial charge on any atom is -0.492 e. The molecule has 1 heterocycles. The highest BCUT2D eigenvalue weighted by Crippen LogP contribution is 2.26. The van der Waals surface area contributed by atoms with Crippen LogP contribution in [0.4, 0.5) is 0 Å². The molecule has 2 rings (SSSR count). The number of nitrogens with zero attached hydrogens (tertiary/aromatic N) is 1. The van der Waals surface area contributed by atoms with Crippen LogP contribution in [0.2, 0.25) is 0 Å². The number of aromatic nitrogens is 1. The molecule has 5 nitrogen and oxygen atoms in total. The molecule has 0 spiro atoms. The summed E-state index contributed by atoms with van der Waals surface area (Å²) in [4.78, 5) is 15.8. The maximum Gasteiger partial charge on any atom is 0.220 e. The van der Waals surface area contributed by atoms with E-state index in [1.807, 2.05) is 12.1 Å². The van der Waals surface area contributed by atoms with Crippen molar-refractivity contribution in [2.75, 3.05) is 13.2 Å². The Morgan fingerprint density at radius 2 is 2.09 bits per heavy atom. The van der Waals surface area contributed by atoms with Gasteiger partial charge in [0.2, 0.25) is 5.91 Å². The summed E-state index contributed by atoms with van der Waals surface area (Å²) in [5.41, 5.74) is -0.710. The second-order valence-corrected chi connectivity index (χ2v) is 6.06. The topological polar surface area (TPSA) is 71.5 Å². The second kappa shape index (κ2) is 8.73. The quantitative estimate of drug-likeness (QED) is 0.599. The number of rotatable bonds is 7. The van der Waals surface area contributed by atoms with E-state index < -0.39 is 5.60 Å². The summed E-state index contributed by atoms with van der Waals surface area (Å²) in [6, 6.07) is 3.66. The first-order chi connectivity index (χ1) is 10.7. The predicted octanol–water partition coefficient (Wildman–Crippen LogP) is 2.44. The zero-order valence-corrected chi connectivity index (χ0v) is 13.1. The van der Waals surface area contributed by atoms with E-state index in [1.165, 1.54) is 12.8 Å². The third kappa shape index (κ3) is 6.02. The van der Waals surface area contributed by atoms with Gasteiger partial charge in [-0.1, -0.05) is 25.7 Å². The molecule has 1 amide bonds. The maximum absolute atomic E-state index is 11.8. The van der Waals surface area contributed by atoms with Gasteiger partial charge in [-0.05, 0) is 31.4 Å². The monoisotopic (exact) mass is 306 g/mol. The third-order valence-electron chi connectivity index (χ3n) is 4.10. The van der Waals surface area contributed by atoms with Gasteiger partial charge in [-0.25, -0.2) is 0 Å². The molecule has 0 radical (unpaired) electrons. The first-order valence-electron chi connectivity index (χ1n) is 8.20. The number of hydrogen-bond acceptors (Lipinski definition) is 4. The smallest absolute Gasteiger partial charge is 0.220 e. The summed E-state index contributed by atoms with van der Waals surface area (Å²) in [5, 5.41) is 13.3. The summed E-state index contributed by atoms with van der Waals surface area (Å²) in [5.74, 6) is 0.697. The lowest BCUT2D eigenvalue weighted by atomic mass is 9.94. The van der Waals surface area contributed by atoms with Crippen molar-refractivity contribution in [1.82, 2.24) is 10.3 Å². The van der Waals surface area contributed by atoms with E-state index in [4.69, 9.17) is 4.74 Å². The molecule has 22 heavy (non-hydrogen) atoms. The molecule has 0 aliphatic heterocycles. The van der Waals surface area contributed by atoms with E-state index in [2.05, 4.69) is 10.3 Å². The molecule has 122 valence electrons. The summed E-state index contributed by atoms with van der Waals surface area (Å²) >= 11 is 0. The highest BCUT2D eigenvalue weighted by atomic mass is 16.5. The van der Waals surface area contributed by atoms with E-state index in [0.29, 0.717) is 26.0 Å². The number of nitrogens with one attached hydrogen (secondary N) is 1. The van der Waals surface area contributed by atoms with Gasteiger partial charge in [0.1, 0.15) is 5.75 Å². The van der Waals surface area contributed by atoms with Gasteiger partial charge in [0.25, 0.3) is 0 Å². The van der Waals surface area contributed by atoms with Crippen LogP contribution in [0, 0.1) is 0 Å². The van der Waals surface area contributed by atoms with Crippen LogP contribution in [-0.4, -0.2) is 34.8 Å². The fourth-order valence-corrected chi connectivity index (χ4v) is 2.77. The number of amides is 1. The SMILES string of the molecule is O=C(CCCOc1cccnc1)NCC1(O)CCCCCC1. The van der Waals surface area contributed by atoms with E-state index in [1.54, 1.807) is 12.4 Å². The summed E-state index contributed by atoms with van der Waals surface area (Å²) < 4.78 is 5.50. The van der Waals surface area contributed by atoms with E-state index in [9.17, 15) is 9.90 Å². The fraction of sp³-hybridized carbons (Fsp3) is 0.647. The second-order valence-electron chi connectivity index (χ2n) is 6.06. The summed E-state index contributed by atoms with van der Waals surface area (Å²) in [6.07, 6.45) is 10.4. The van der Waals surface area contributed by atoms with Crippen LogP contribution in [0.3, 0.4) is 0 Å². The third-order valence-corrected chi connectivity index (χ3v) is 4.10. The van der Waals surface area contributed by atoms with Crippen molar-refractivity contribution in [3.05, 3.63) is 24.5 Å². The molecule has 0 aromatic carbocycles. The Labute approximate surface area is 132 Å². The highest BCUT2D eigenvalue weighted by molar-refractivity contribution is 5.75. The molecule has 1 fully saturated rings. The largest absolute Gasteiger partial charge is 0.492 e. The predicted molar refractivity (Wildman–Crippen MR) is 84.6 cm³/mol. The zero-order valence-electron chi connectivity index (χ0n) is 13.1. The molecule has 1 saturated carbocycles. The molecular formula is C17H26N2O3. The first kappa shape index (κ1) is 16.7. The van der Waals surface area contributed by atoms with Crippen LogP contribution in [0.15, 0.2) is 24.5 Å². The molecule has 0 atom stereocenters. The normalized spacial score (nSPS) is 17.5. The van der Waals surface area contributed by atoms with Gasteiger partial charge >= 0.3 is 0 Å². The Morgan fingerprint density at radius 3 is 2.77 bits per heavy atom. The van der Waals surface area contributed by atoms with Gasteiger partial charge in [-0.15, -0.1) is 0 Å². The molecule has 1 aliphatic carbocycles. The fourth-order valence-electron chi connectivity index (χ4n) is 2.77. The van der Waals surface area contributed by atoms with Crippen molar-refractivity contribution in [2.24, 2.45) is 0 Å². The van der Waals surface area contributed by atoms with Gasteiger partial charge in [-0.3, -0.25) is 9.78 Å². The molecular weight excluding hydrogens is 280 g/mol. The lowest BCUT2D eigenvalue weighted by Crippen LogP contribution is -2.42. The molecule has 2 N–H and O–H groups in total. The van der Waals surface area contributed by atoms with Crippen molar-refractivity contribution < 1.29 is 14.6 Å². The van der Waals surface area contributed by atoms with Gasteiger partial charge < -0.3 is 15.2 Å². The van der Waals surface area contributed by atoms with Crippen LogP contribution in [0.5, 0.6) is 5.75 Å². The average Bonchev–Trinajstić information content (AvgIpc) is 2.76. The number of hydrogen-bond donors (Lipinski definition) is 2. The minimum atomic E-state index is -0.710. The van der Waals surface area contributed by atoms with Gasteiger partial charge in [0, 0.05) is 19.2 Å². The maximum atomic E-state index is 11.8. The van der Waals surface area contributed by atoms with Crippen LogP contribution in [-0.2, 0) is 4.79 Å². The van der Waals surface area contributed by atoms with E-state index in [-0.39, 0.29) is 5.91 Å². The van der Waals surface area contributed by atoms with Crippen LogP contribution in [0.1, 0.15) is 51.4 Å². The molecule has 1 aliphatic rings. The van der Waals surface area contributed by atoms with Crippen LogP contribution in [0.25, 0.3) is 0 Å². The van der Waals surface area contributed by atoms with Gasteiger partial charge in [0.15, 0.2) is 0 Å². The number of aliphatic hydroxyl groups is 1. The molecule has 5 heteroatoms. The number of pyridine rings is 1. The van der Waals surface area contributed by atoms with Gasteiger partial charge in [0.05, 0.1) is 18.4 Å². The highest BCUT2D eigenvalue weighted by Gasteiger charge is 2.28. The van der Waals surface area contributed by atoms with Crippen molar-refractivity contribution in [1.29, 1.82) is 0 Å². The number of carbonyl (C=O) groups is 1. The molecule has 0 unspecified atom stereocenters. The summed E-state index contributed by atoms with van der Waals surface area (Å²) in [7, 11) is 0. The van der Waals surface area contributed by atoms with E-state index in [0.717, 1.165) is 31.4 Å². The Morgan fingerprint density at radius 1 is 1.32 bits per heavy atom. The zero-order chi connectivity index (χ0) is 15.7. The number of carbonyl (C=O) groups excluding carboxylic acids is 1. The average molecular weight is 306 g/mol. The lowest BCUT2D eigenvalue weighted by Gasteiger charge is -2.26. The van der Waals surface area contributed by atoms with Crippen LogP contribution >= 0.6 is 0 Å². The van der Waals surface area contributed by atoms with Gasteiger partial charge in [-0.2, -0.15) is 0 Å². The van der Waals surface area contributed by atoms with Crippen molar-refractivity contribution in [3.63, 3.8) is 0 Å². The van der Waals surface area contributed by atoms with Crippen molar-refractivity contribution in [2.45, 2.75) is 57.0 Å². The molecule has 1 aromatic heterocycles. The van der Waals surface area contributed by atoms with E-state index >= 15 is 0 Å². The van der Waals surface area contributed by atoms with Crippen molar-refractivity contribution >= 4 is 5.91 Å². The Hall–Kier alpha value is -1.62. The lowest BCUT2D eigenvalue weighted by molar-refractivity contribution is -0.122. The molecule has 1 aromatic rings. The minimum absolute atomic E-state index is 0.0209. The Balaban J connectivity index is 1.59. The Bertz CT molecular complexity index is 442. The number of ether oxygens (including phenoxy) is 1. The van der Waals surface area contributed by atoms with Crippen LogP contribution < -0.4 is 10.1 Å². The standard InChI is InChI=1S/C17H26N2O3/c20-16(8-6-12-22-15-7-5-11-18-13-15)19-14-17(21)9-3-1-2-4-10-17/h5,7,11,13,21H,1-4,6,8-10,12,14H2,(H,19,20). The molecule has 0 bridgehead atoms. The first-order valence-corrected chi connectivity index (χ1v) is 8.20. The summed E-state index contributed by atoms with van der Waals surface area (Å²) in [6.45, 7) is 0.860.